The molecule has 4 aliphatic carbocycles. The van der Waals surface area contributed by atoms with E-state index in [-0.39, 0.29) is 49.6 Å². The molecule has 2 aromatic rings. The van der Waals surface area contributed by atoms with Crippen LogP contribution >= 0.6 is 49.6 Å². The van der Waals surface area contributed by atoms with Crippen molar-refractivity contribution in [2.45, 2.75) is 38.6 Å². The van der Waals surface area contributed by atoms with Crippen molar-refractivity contribution in [3.8, 4) is 0 Å². The summed E-state index contributed by atoms with van der Waals surface area (Å²) in [5.74, 6) is 0. The van der Waals surface area contributed by atoms with Crippen LogP contribution in [0.2, 0.25) is 18.5 Å². The van der Waals surface area contributed by atoms with Gasteiger partial charge in [0.25, 0.3) is 0 Å². The third-order valence-electron chi connectivity index (χ3n) is 9.24. The number of fused-ring (bicyclic) bond motifs is 2. The zero-order chi connectivity index (χ0) is 25.7. The second-order valence-corrected chi connectivity index (χ2v) is 72.8. The van der Waals surface area contributed by atoms with E-state index in [2.05, 4.69) is 142 Å². The first kappa shape index (κ1) is 38.3. The van der Waals surface area contributed by atoms with Gasteiger partial charge in [-0.3, -0.25) is 0 Å². The van der Waals surface area contributed by atoms with Crippen molar-refractivity contribution in [2.24, 2.45) is 0 Å². The van der Waals surface area contributed by atoms with Crippen LogP contribution in [0.15, 0.2) is 104 Å². The van der Waals surface area contributed by atoms with Gasteiger partial charge in [0.2, 0.25) is 0 Å². The summed E-state index contributed by atoms with van der Waals surface area (Å²) in [5.41, 5.74) is 5.98. The average Bonchev–Trinajstić information content (AvgIpc) is 3.64. The molecule has 216 valence electrons. The number of rotatable bonds is 4. The van der Waals surface area contributed by atoms with Gasteiger partial charge in [0.05, 0.1) is 0 Å². The Hall–Kier alpha value is 0.240. The van der Waals surface area contributed by atoms with Gasteiger partial charge in [-0.25, -0.2) is 0 Å². The number of hydrogen-bond acceptors (Lipinski definition) is 0. The van der Waals surface area contributed by atoms with Crippen molar-refractivity contribution < 1.29 is 34.8 Å². The van der Waals surface area contributed by atoms with Crippen LogP contribution in [-0.2, 0) is 34.8 Å². The summed E-state index contributed by atoms with van der Waals surface area (Å²) < 4.78 is 15.2. The monoisotopic (exact) mass is 804 g/mol. The molecule has 0 heterocycles. The van der Waals surface area contributed by atoms with Gasteiger partial charge in [-0.05, 0) is 0 Å². The summed E-state index contributed by atoms with van der Waals surface area (Å²) in [7, 11) is 0. The molecule has 0 saturated carbocycles. The fourth-order valence-corrected chi connectivity index (χ4v) is 32.7. The standard InChI is InChI=1S/2C9H7.2C5H5.4CH3.4ClH.2H2Si.2Zr/c2*1-2-5-9-7-3-6-8(9)4-1;2*1-2-4-5-3-1;;;;;;;;;;;;/h2*1-7H;2*1-3H,4H2;4*1H3;4*1H;2*1H2;;. The maximum atomic E-state index is 2.65. The molecule has 40 heavy (non-hydrogen) atoms. The van der Waals surface area contributed by atoms with Crippen LogP contribution in [0, 0.1) is 0 Å². The van der Waals surface area contributed by atoms with Gasteiger partial charge in [0, 0.05) is 0 Å². The third-order valence-corrected chi connectivity index (χ3v) is 44.3. The van der Waals surface area contributed by atoms with E-state index < -0.39 is 34.8 Å². The molecule has 0 aromatic heterocycles. The molecular weight excluding hydrogens is 765 g/mol. The summed E-state index contributed by atoms with van der Waals surface area (Å²) in [6, 6.07) is 17.9. The number of hydrogen-bond donors (Lipinski definition) is 0. The third kappa shape index (κ3) is 7.13. The van der Waals surface area contributed by atoms with Gasteiger partial charge in [0.15, 0.2) is 0 Å². The van der Waals surface area contributed by atoms with E-state index in [9.17, 15) is 0 Å². The zero-order valence-electron chi connectivity index (χ0n) is 24.0. The molecule has 0 N–H and O–H groups in total. The molecule has 2 unspecified atom stereocenters. The molecule has 0 fully saturated rings. The van der Waals surface area contributed by atoms with E-state index in [0.29, 0.717) is 7.25 Å². The first-order valence-corrected chi connectivity index (χ1v) is 40.3. The molecule has 2 atom stereocenters. The van der Waals surface area contributed by atoms with Crippen LogP contribution in [0.5, 0.6) is 0 Å². The Morgan fingerprint density at radius 3 is 1.32 bits per heavy atom. The summed E-state index contributed by atoms with van der Waals surface area (Å²) in [4.78, 5) is 0. The van der Waals surface area contributed by atoms with Gasteiger partial charge in [-0.2, -0.15) is 0 Å². The molecule has 6 rings (SSSR count). The molecule has 8 heteroatoms. The van der Waals surface area contributed by atoms with Crippen LogP contribution in [0.25, 0.3) is 12.2 Å². The SMILES string of the molecule is Cl.Cl.Cl.Cl.[CH3][Zr]([CH3])(=[SiH2])([CH]1C=Cc2ccccc21)[CH]1C=Cc2ccccc21.[CH3][Zr]([CH3])(=[SiH2])([C]1=CC=CC1)[C]1=CC=CC1. The van der Waals surface area contributed by atoms with E-state index in [1.807, 2.05) is 0 Å². The van der Waals surface area contributed by atoms with E-state index in [1.165, 1.54) is 24.0 Å². The predicted octanol–water partition coefficient (Wildman–Crippen LogP) is 9.55. The molecule has 0 aliphatic heterocycles. The summed E-state index contributed by atoms with van der Waals surface area (Å²) >= 11 is -5.63. The predicted molar refractivity (Wildman–Crippen MR) is 190 cm³/mol. The summed E-state index contributed by atoms with van der Waals surface area (Å²) in [6.45, 7) is 4.70. The van der Waals surface area contributed by atoms with Gasteiger partial charge >= 0.3 is 225 Å². The van der Waals surface area contributed by atoms with E-state index >= 15 is 0 Å². The van der Waals surface area contributed by atoms with Crippen LogP contribution in [0.3, 0.4) is 0 Å². The first-order chi connectivity index (χ1) is 16.9. The summed E-state index contributed by atoms with van der Waals surface area (Å²) in [6.07, 6.45) is 25.9. The van der Waals surface area contributed by atoms with Gasteiger partial charge < -0.3 is 0 Å². The van der Waals surface area contributed by atoms with Crippen LogP contribution in [-0.4, -0.2) is 13.8 Å². The van der Waals surface area contributed by atoms with Crippen molar-refractivity contribution in [1.82, 2.24) is 0 Å². The number of halogens is 4. The molecular formula is C32H44Cl4Si2Zr2. The Morgan fingerprint density at radius 2 is 0.975 bits per heavy atom. The van der Waals surface area contributed by atoms with Crippen molar-refractivity contribution in [3.05, 3.63) is 126 Å². The number of benzene rings is 2. The van der Waals surface area contributed by atoms with Crippen molar-refractivity contribution >= 4 is 75.5 Å². The molecule has 2 aromatic carbocycles. The van der Waals surface area contributed by atoms with Crippen molar-refractivity contribution in [2.75, 3.05) is 0 Å². The Bertz CT molecular complexity index is 1460. The minimum absolute atomic E-state index is 0. The molecule has 4 aliphatic rings. The topological polar surface area (TPSA) is 0 Å². The van der Waals surface area contributed by atoms with Crippen LogP contribution in [0.1, 0.15) is 42.3 Å². The Balaban J connectivity index is 0.000000393. The Kier molecular flexibility index (Phi) is 13.3. The molecule has 0 amide bonds. The molecule has 0 radical (unpaired) electrons. The second kappa shape index (κ2) is 13.9. The van der Waals surface area contributed by atoms with Gasteiger partial charge in [-0.1, -0.05) is 0 Å². The molecule has 0 bridgehead atoms. The zero-order valence-corrected chi connectivity index (χ0v) is 35.0. The first-order valence-electron chi connectivity index (χ1n) is 13.4. The second-order valence-electron chi connectivity index (χ2n) is 13.2. The minimum atomic E-state index is -3.02. The van der Waals surface area contributed by atoms with E-state index in [1.54, 1.807) is 17.7 Å². The maximum absolute atomic E-state index is 3.02. The van der Waals surface area contributed by atoms with E-state index in [4.69, 9.17) is 0 Å². The van der Waals surface area contributed by atoms with Gasteiger partial charge in [-0.15, -0.1) is 49.6 Å². The fraction of sp³-hybridized carbons (Fsp3) is 0.250. The van der Waals surface area contributed by atoms with Gasteiger partial charge in [0.1, 0.15) is 0 Å². The molecule has 0 nitrogen and oxygen atoms in total. The molecule has 0 saturated heterocycles. The van der Waals surface area contributed by atoms with Crippen molar-refractivity contribution in [1.29, 1.82) is 0 Å². The Labute approximate surface area is 271 Å². The van der Waals surface area contributed by atoms with Crippen LogP contribution in [0.4, 0.5) is 0 Å². The average molecular weight is 809 g/mol. The van der Waals surface area contributed by atoms with E-state index in [0.717, 1.165) is 0 Å². The Morgan fingerprint density at radius 1 is 0.600 bits per heavy atom. The quantitative estimate of drug-likeness (QED) is 0.270. The summed E-state index contributed by atoms with van der Waals surface area (Å²) in [5, 5.41) is 0. The van der Waals surface area contributed by atoms with Crippen molar-refractivity contribution in [3.63, 3.8) is 0 Å². The molecule has 0 spiro atoms. The fourth-order valence-electron chi connectivity index (χ4n) is 6.64. The normalized spacial score (nSPS) is 19.9. The van der Waals surface area contributed by atoms with Crippen LogP contribution < -0.4 is 0 Å². The number of allylic oxidation sites excluding steroid dienone is 10.